The lowest BCUT2D eigenvalue weighted by Gasteiger charge is -2.18. The summed E-state index contributed by atoms with van der Waals surface area (Å²) in [6, 6.07) is 9.74. The Labute approximate surface area is 117 Å². The van der Waals surface area contributed by atoms with Crippen molar-refractivity contribution in [3.63, 3.8) is 0 Å². The van der Waals surface area contributed by atoms with Crippen molar-refractivity contribution in [1.82, 2.24) is 10.2 Å². The van der Waals surface area contributed by atoms with Crippen LogP contribution in [0.25, 0.3) is 0 Å². The summed E-state index contributed by atoms with van der Waals surface area (Å²) in [6.07, 6.45) is 8.15. The van der Waals surface area contributed by atoms with Gasteiger partial charge in [0.05, 0.1) is 6.20 Å². The zero-order valence-electron chi connectivity index (χ0n) is 10.9. The summed E-state index contributed by atoms with van der Waals surface area (Å²) in [5.74, 6) is -0.0657. The minimum Gasteiger partial charge on any atom is -0.350 e. The van der Waals surface area contributed by atoms with Crippen molar-refractivity contribution in [1.29, 1.82) is 0 Å². The number of amides is 1. The topological polar surface area (TPSA) is 61.8 Å². The van der Waals surface area contributed by atoms with Crippen molar-refractivity contribution in [3.05, 3.63) is 77.1 Å². The highest BCUT2D eigenvalue weighted by Gasteiger charge is 2.07. The largest absolute Gasteiger partial charge is 0.350 e. The molecule has 1 aromatic carbocycles. The molecule has 0 saturated carbocycles. The number of carbonyl (C=O) groups is 1. The van der Waals surface area contributed by atoms with Crippen LogP contribution >= 0.6 is 0 Å². The Morgan fingerprint density at radius 3 is 2.55 bits per heavy atom. The van der Waals surface area contributed by atoms with Gasteiger partial charge in [0.15, 0.2) is 0 Å². The summed E-state index contributed by atoms with van der Waals surface area (Å²) in [4.78, 5) is 23.6. The molecule has 1 aromatic rings. The molecule has 2 rings (SSSR count). The second kappa shape index (κ2) is 7.04. The quantitative estimate of drug-likeness (QED) is 0.834. The molecular weight excluding hydrogens is 254 g/mol. The highest BCUT2D eigenvalue weighted by Crippen LogP contribution is 2.08. The van der Waals surface area contributed by atoms with Crippen LogP contribution in [-0.2, 0) is 11.3 Å². The van der Waals surface area contributed by atoms with Gasteiger partial charge in [0.25, 0.3) is 0 Å². The van der Waals surface area contributed by atoms with Gasteiger partial charge in [0.1, 0.15) is 6.54 Å². The normalized spacial score (nSPS) is 13.2. The van der Waals surface area contributed by atoms with Crippen LogP contribution in [-0.4, -0.2) is 17.4 Å². The van der Waals surface area contributed by atoms with E-state index in [2.05, 4.69) is 10.5 Å². The minimum absolute atomic E-state index is 0.0657. The molecular formula is C15H15N3O2. The molecule has 1 heterocycles. The molecule has 0 atom stereocenters. The number of nitrogens with zero attached hydrogens (tertiary/aromatic N) is 2. The molecule has 0 fully saturated rings. The van der Waals surface area contributed by atoms with Crippen LogP contribution in [0.3, 0.4) is 0 Å². The van der Waals surface area contributed by atoms with Crippen molar-refractivity contribution in [2.45, 2.75) is 6.54 Å². The van der Waals surface area contributed by atoms with Gasteiger partial charge in [-0.15, -0.1) is 4.91 Å². The van der Waals surface area contributed by atoms with Crippen LogP contribution < -0.4 is 5.32 Å². The fourth-order valence-corrected chi connectivity index (χ4v) is 1.74. The van der Waals surface area contributed by atoms with Gasteiger partial charge < -0.3 is 10.2 Å². The maximum Gasteiger partial charge on any atom is 0.240 e. The van der Waals surface area contributed by atoms with Gasteiger partial charge in [-0.3, -0.25) is 4.79 Å². The first-order chi connectivity index (χ1) is 9.78. The monoisotopic (exact) mass is 269 g/mol. The van der Waals surface area contributed by atoms with E-state index in [0.29, 0.717) is 12.1 Å². The van der Waals surface area contributed by atoms with Crippen LogP contribution in [0.5, 0.6) is 0 Å². The van der Waals surface area contributed by atoms with Gasteiger partial charge in [-0.25, -0.2) is 0 Å². The predicted molar refractivity (Wildman–Crippen MR) is 77.2 cm³/mol. The van der Waals surface area contributed by atoms with Crippen molar-refractivity contribution >= 4 is 5.91 Å². The second-order valence-electron chi connectivity index (χ2n) is 4.30. The number of hydrogen-bond donors (Lipinski definition) is 1. The minimum atomic E-state index is -0.0657. The second-order valence-corrected chi connectivity index (χ2v) is 4.30. The average molecular weight is 269 g/mol. The molecule has 0 saturated heterocycles. The fourth-order valence-electron chi connectivity index (χ4n) is 1.74. The van der Waals surface area contributed by atoms with E-state index >= 15 is 0 Å². The molecule has 20 heavy (non-hydrogen) atoms. The Kier molecular flexibility index (Phi) is 4.83. The number of nitrogens with one attached hydrogen (secondary N) is 1. The molecule has 0 aliphatic carbocycles. The number of carbonyl (C=O) groups excluding carboxylic acids is 1. The smallest absolute Gasteiger partial charge is 0.240 e. The summed E-state index contributed by atoms with van der Waals surface area (Å²) < 4.78 is 0. The lowest BCUT2D eigenvalue weighted by molar-refractivity contribution is -0.121. The van der Waals surface area contributed by atoms with E-state index in [9.17, 15) is 9.70 Å². The average Bonchev–Trinajstić information content (AvgIpc) is 2.49. The first-order valence-corrected chi connectivity index (χ1v) is 6.23. The predicted octanol–water partition coefficient (Wildman–Crippen LogP) is 2.30. The fraction of sp³-hybridized carbons (Fsp3) is 0.133. The van der Waals surface area contributed by atoms with E-state index in [4.69, 9.17) is 0 Å². The van der Waals surface area contributed by atoms with Crippen molar-refractivity contribution in [2.24, 2.45) is 5.18 Å². The Morgan fingerprint density at radius 1 is 1.20 bits per heavy atom. The number of nitroso groups, excluding NO2 is 1. The van der Waals surface area contributed by atoms with Gasteiger partial charge in [-0.2, -0.15) is 0 Å². The molecule has 1 aliphatic heterocycles. The molecule has 1 amide bonds. The summed E-state index contributed by atoms with van der Waals surface area (Å²) >= 11 is 0. The van der Waals surface area contributed by atoms with E-state index in [0.717, 1.165) is 5.56 Å². The molecule has 1 N–H and O–H groups in total. The van der Waals surface area contributed by atoms with Crippen LogP contribution in [0.15, 0.2) is 71.8 Å². The molecule has 0 aromatic heterocycles. The van der Waals surface area contributed by atoms with Crippen LogP contribution in [0.2, 0.25) is 0 Å². The number of benzene rings is 1. The van der Waals surface area contributed by atoms with Gasteiger partial charge in [-0.1, -0.05) is 30.3 Å². The van der Waals surface area contributed by atoms with Crippen LogP contribution in [0, 0.1) is 4.91 Å². The molecule has 0 spiro atoms. The number of rotatable bonds is 5. The van der Waals surface area contributed by atoms with E-state index in [1.54, 1.807) is 29.5 Å². The van der Waals surface area contributed by atoms with Gasteiger partial charge in [-0.05, 0) is 28.5 Å². The highest BCUT2D eigenvalue weighted by atomic mass is 16.2. The molecule has 5 heteroatoms. The zero-order valence-corrected chi connectivity index (χ0v) is 10.9. The molecule has 0 bridgehead atoms. The lowest BCUT2D eigenvalue weighted by Crippen LogP contribution is -2.32. The summed E-state index contributed by atoms with van der Waals surface area (Å²) in [6.45, 7) is 0.753. The SMILES string of the molecule is O=NC=C1C=CN(CC(=O)NCc2ccccc2)C=C1. The molecule has 1 aliphatic rings. The number of allylic oxidation sites excluding steroid dienone is 3. The van der Waals surface area contributed by atoms with E-state index in [1.165, 1.54) is 6.20 Å². The van der Waals surface area contributed by atoms with Gasteiger partial charge in [0, 0.05) is 18.9 Å². The third-order valence-corrected chi connectivity index (χ3v) is 2.78. The molecule has 5 nitrogen and oxygen atoms in total. The van der Waals surface area contributed by atoms with E-state index < -0.39 is 0 Å². The third-order valence-electron chi connectivity index (χ3n) is 2.78. The summed E-state index contributed by atoms with van der Waals surface area (Å²) in [5, 5.41) is 5.55. The van der Waals surface area contributed by atoms with E-state index in [1.807, 2.05) is 30.3 Å². The van der Waals surface area contributed by atoms with Gasteiger partial charge in [0.2, 0.25) is 5.91 Å². The maximum absolute atomic E-state index is 11.8. The standard InChI is InChI=1S/C15H15N3O2/c19-15(16-10-13-4-2-1-3-5-13)12-18-8-6-14(7-9-18)11-17-20/h1-9,11H,10,12H2,(H,16,19). The molecule has 102 valence electrons. The Balaban J connectivity index is 1.79. The Morgan fingerprint density at radius 2 is 1.90 bits per heavy atom. The first kappa shape index (κ1) is 13.7. The van der Waals surface area contributed by atoms with E-state index in [-0.39, 0.29) is 12.5 Å². The number of hydrogen-bond acceptors (Lipinski definition) is 4. The zero-order chi connectivity index (χ0) is 14.2. The van der Waals surface area contributed by atoms with Crippen molar-refractivity contribution < 1.29 is 4.79 Å². The maximum atomic E-state index is 11.8. The van der Waals surface area contributed by atoms with Crippen LogP contribution in [0.4, 0.5) is 0 Å². The summed E-state index contributed by atoms with van der Waals surface area (Å²) in [5.41, 5.74) is 1.77. The Bertz CT molecular complexity index is 546. The molecule has 0 radical (unpaired) electrons. The third kappa shape index (κ3) is 4.20. The van der Waals surface area contributed by atoms with Crippen molar-refractivity contribution in [2.75, 3.05) is 6.54 Å². The highest BCUT2D eigenvalue weighted by molar-refractivity contribution is 5.78. The van der Waals surface area contributed by atoms with Crippen molar-refractivity contribution in [3.8, 4) is 0 Å². The lowest BCUT2D eigenvalue weighted by atomic mass is 10.2. The van der Waals surface area contributed by atoms with Crippen LogP contribution in [0.1, 0.15) is 5.56 Å². The van der Waals surface area contributed by atoms with Gasteiger partial charge >= 0.3 is 0 Å². The summed E-state index contributed by atoms with van der Waals surface area (Å²) in [7, 11) is 0. The first-order valence-electron chi connectivity index (χ1n) is 6.23. The molecule has 0 unspecified atom stereocenters. The Hall–Kier alpha value is -2.69.